The first kappa shape index (κ1) is 14.1. The highest BCUT2D eigenvalue weighted by Gasteiger charge is 2.26. The molecule has 1 aromatic carbocycles. The van der Waals surface area contributed by atoms with Crippen LogP contribution in [0, 0.1) is 5.82 Å². The van der Waals surface area contributed by atoms with Gasteiger partial charge < -0.3 is 16.4 Å². The van der Waals surface area contributed by atoms with Crippen LogP contribution in [0.15, 0.2) is 16.6 Å². The predicted octanol–water partition coefficient (Wildman–Crippen LogP) is 2.40. The summed E-state index contributed by atoms with van der Waals surface area (Å²) in [5, 5.41) is 0. The molecular formula is C13H17BrFN3O. The van der Waals surface area contributed by atoms with Crippen molar-refractivity contribution in [3.05, 3.63) is 22.4 Å². The van der Waals surface area contributed by atoms with Gasteiger partial charge in [-0.2, -0.15) is 0 Å². The van der Waals surface area contributed by atoms with E-state index < -0.39 is 11.7 Å². The van der Waals surface area contributed by atoms with Gasteiger partial charge >= 0.3 is 0 Å². The zero-order valence-corrected chi connectivity index (χ0v) is 12.1. The Bertz CT molecular complexity index is 489. The highest BCUT2D eigenvalue weighted by atomic mass is 79.9. The largest absolute Gasteiger partial charge is 0.397 e. The molecule has 0 aliphatic heterocycles. The van der Waals surface area contributed by atoms with Crippen LogP contribution in [-0.4, -0.2) is 18.5 Å². The number of nitrogens with two attached hydrogens (primary N) is 2. The summed E-state index contributed by atoms with van der Waals surface area (Å²) in [7, 11) is 0. The fourth-order valence-electron chi connectivity index (χ4n) is 2.60. The van der Waals surface area contributed by atoms with E-state index >= 15 is 0 Å². The van der Waals surface area contributed by atoms with E-state index in [0.29, 0.717) is 15.8 Å². The maximum Gasteiger partial charge on any atom is 0.236 e. The number of rotatable bonds is 4. The van der Waals surface area contributed by atoms with Crippen LogP contribution in [0.25, 0.3) is 0 Å². The van der Waals surface area contributed by atoms with Gasteiger partial charge in [-0.1, -0.05) is 12.8 Å². The summed E-state index contributed by atoms with van der Waals surface area (Å²) >= 11 is 3.15. The second-order valence-corrected chi connectivity index (χ2v) is 5.71. The molecule has 104 valence electrons. The monoisotopic (exact) mass is 329 g/mol. The van der Waals surface area contributed by atoms with Crippen LogP contribution >= 0.6 is 15.9 Å². The summed E-state index contributed by atoms with van der Waals surface area (Å²) < 4.78 is 13.8. The van der Waals surface area contributed by atoms with Gasteiger partial charge in [0, 0.05) is 12.1 Å². The second-order valence-electron chi connectivity index (χ2n) is 4.86. The number of nitrogens with zero attached hydrogens (tertiary/aromatic N) is 1. The Hall–Kier alpha value is -1.30. The lowest BCUT2D eigenvalue weighted by molar-refractivity contribution is -0.116. The predicted molar refractivity (Wildman–Crippen MR) is 77.3 cm³/mol. The van der Waals surface area contributed by atoms with Crippen molar-refractivity contribution in [2.75, 3.05) is 17.2 Å². The molecule has 0 spiro atoms. The lowest BCUT2D eigenvalue weighted by Crippen LogP contribution is -2.40. The lowest BCUT2D eigenvalue weighted by Gasteiger charge is -2.31. The maximum atomic E-state index is 13.4. The van der Waals surface area contributed by atoms with Gasteiger partial charge in [0.1, 0.15) is 5.82 Å². The summed E-state index contributed by atoms with van der Waals surface area (Å²) in [5.74, 6) is -0.821. The van der Waals surface area contributed by atoms with Gasteiger partial charge in [0.25, 0.3) is 0 Å². The molecule has 4 N–H and O–H groups in total. The van der Waals surface area contributed by atoms with E-state index in [2.05, 4.69) is 15.9 Å². The number of carbonyl (C=O) groups excluding carboxylic acids is 1. The third-order valence-corrected chi connectivity index (χ3v) is 4.08. The number of benzene rings is 1. The molecule has 0 heterocycles. The molecular weight excluding hydrogens is 313 g/mol. The topological polar surface area (TPSA) is 72.4 Å². The first-order valence-electron chi connectivity index (χ1n) is 6.28. The molecule has 0 unspecified atom stereocenters. The number of nitrogen functional groups attached to an aromatic ring is 1. The quantitative estimate of drug-likeness (QED) is 0.833. The first-order valence-corrected chi connectivity index (χ1v) is 7.08. The summed E-state index contributed by atoms with van der Waals surface area (Å²) in [4.78, 5) is 13.2. The van der Waals surface area contributed by atoms with E-state index in [1.165, 1.54) is 6.07 Å². The molecule has 0 atom stereocenters. The third-order valence-electron chi connectivity index (χ3n) is 3.47. The highest BCUT2D eigenvalue weighted by Crippen LogP contribution is 2.34. The van der Waals surface area contributed by atoms with Gasteiger partial charge in [-0.15, -0.1) is 0 Å². The van der Waals surface area contributed by atoms with Crippen molar-refractivity contribution in [3.63, 3.8) is 0 Å². The van der Waals surface area contributed by atoms with Crippen molar-refractivity contribution in [1.82, 2.24) is 0 Å². The molecule has 0 saturated heterocycles. The van der Waals surface area contributed by atoms with E-state index in [9.17, 15) is 9.18 Å². The van der Waals surface area contributed by atoms with E-state index in [1.807, 2.05) is 4.90 Å². The Morgan fingerprint density at radius 1 is 1.42 bits per heavy atom. The lowest BCUT2D eigenvalue weighted by atomic mass is 10.1. The minimum atomic E-state index is -0.410. The Balaban J connectivity index is 2.36. The molecule has 1 aromatic rings. The van der Waals surface area contributed by atoms with Crippen molar-refractivity contribution in [1.29, 1.82) is 0 Å². The van der Waals surface area contributed by atoms with Crippen molar-refractivity contribution in [2.45, 2.75) is 31.7 Å². The van der Waals surface area contributed by atoms with Crippen LogP contribution in [0.3, 0.4) is 0 Å². The summed E-state index contributed by atoms with van der Waals surface area (Å²) in [6.45, 7) is 0.104. The van der Waals surface area contributed by atoms with E-state index in [0.717, 1.165) is 25.7 Å². The number of hydrogen-bond donors (Lipinski definition) is 2. The van der Waals surface area contributed by atoms with E-state index in [-0.39, 0.29) is 12.6 Å². The molecule has 1 aliphatic rings. The normalized spacial score (nSPS) is 15.7. The molecule has 0 aromatic heterocycles. The minimum Gasteiger partial charge on any atom is -0.397 e. The molecule has 2 rings (SSSR count). The van der Waals surface area contributed by atoms with Gasteiger partial charge in [-0.05, 0) is 34.8 Å². The van der Waals surface area contributed by atoms with Gasteiger partial charge in [0.05, 0.1) is 22.4 Å². The number of hydrogen-bond acceptors (Lipinski definition) is 3. The average Bonchev–Trinajstić information content (AvgIpc) is 2.84. The van der Waals surface area contributed by atoms with Gasteiger partial charge in [-0.25, -0.2) is 4.39 Å². The van der Waals surface area contributed by atoms with Crippen molar-refractivity contribution < 1.29 is 9.18 Å². The third kappa shape index (κ3) is 3.18. The molecule has 4 nitrogen and oxygen atoms in total. The Morgan fingerprint density at radius 2 is 2.05 bits per heavy atom. The summed E-state index contributed by atoms with van der Waals surface area (Å²) in [5.41, 5.74) is 12.2. The molecule has 0 radical (unpaired) electrons. The first-order chi connectivity index (χ1) is 8.99. The van der Waals surface area contributed by atoms with Crippen molar-refractivity contribution in [2.24, 2.45) is 5.73 Å². The number of amides is 1. The molecule has 1 fully saturated rings. The molecule has 0 bridgehead atoms. The van der Waals surface area contributed by atoms with Crippen LogP contribution < -0.4 is 16.4 Å². The van der Waals surface area contributed by atoms with Crippen LogP contribution in [0.4, 0.5) is 15.8 Å². The van der Waals surface area contributed by atoms with Gasteiger partial charge in [-0.3, -0.25) is 4.79 Å². The number of anilines is 2. The van der Waals surface area contributed by atoms with Crippen LogP contribution in [0.1, 0.15) is 25.7 Å². The Morgan fingerprint density at radius 3 is 2.63 bits per heavy atom. The Kier molecular flexibility index (Phi) is 4.29. The SMILES string of the molecule is NC(=O)CN(c1cc(Br)c(F)cc1N)C1CCCC1. The number of halogens is 2. The molecule has 1 saturated carbocycles. The zero-order valence-electron chi connectivity index (χ0n) is 10.5. The Labute approximate surface area is 120 Å². The minimum absolute atomic E-state index is 0.104. The van der Waals surface area contributed by atoms with Crippen LogP contribution in [0.2, 0.25) is 0 Å². The fourth-order valence-corrected chi connectivity index (χ4v) is 2.93. The van der Waals surface area contributed by atoms with Crippen molar-refractivity contribution >= 4 is 33.2 Å². The highest BCUT2D eigenvalue weighted by molar-refractivity contribution is 9.10. The smallest absolute Gasteiger partial charge is 0.236 e. The summed E-state index contributed by atoms with van der Waals surface area (Å²) in [6, 6.07) is 3.13. The molecule has 1 amide bonds. The summed E-state index contributed by atoms with van der Waals surface area (Å²) in [6.07, 6.45) is 4.26. The van der Waals surface area contributed by atoms with Crippen molar-refractivity contribution in [3.8, 4) is 0 Å². The second kappa shape index (κ2) is 5.77. The van der Waals surface area contributed by atoms with E-state index in [4.69, 9.17) is 11.5 Å². The zero-order chi connectivity index (χ0) is 14.0. The molecule has 19 heavy (non-hydrogen) atoms. The standard InChI is InChI=1S/C13H17BrFN3O/c14-9-5-12(11(16)6-10(9)15)18(7-13(17)19)8-3-1-2-4-8/h5-6,8H,1-4,7,16H2,(H2,17,19). The number of carbonyl (C=O) groups is 1. The molecule has 1 aliphatic carbocycles. The van der Waals surface area contributed by atoms with Gasteiger partial charge in [0.2, 0.25) is 5.91 Å². The van der Waals surface area contributed by atoms with Gasteiger partial charge in [0.15, 0.2) is 0 Å². The van der Waals surface area contributed by atoms with Crippen LogP contribution in [-0.2, 0) is 4.79 Å². The average molecular weight is 330 g/mol. The maximum absolute atomic E-state index is 13.4. The molecule has 6 heteroatoms. The fraction of sp³-hybridized carbons (Fsp3) is 0.462. The van der Waals surface area contributed by atoms with E-state index in [1.54, 1.807) is 6.07 Å². The van der Waals surface area contributed by atoms with Crippen LogP contribution in [0.5, 0.6) is 0 Å². The number of primary amides is 1.